The van der Waals surface area contributed by atoms with Crippen molar-refractivity contribution in [1.82, 2.24) is 15.5 Å². The minimum absolute atomic E-state index is 0.0742. The first-order valence-corrected chi connectivity index (χ1v) is 5.75. The monoisotopic (exact) mass is 245 g/mol. The van der Waals surface area contributed by atoms with E-state index in [1.54, 1.807) is 0 Å². The Kier molecular flexibility index (Phi) is 3.96. The second-order valence-electron chi connectivity index (χ2n) is 5.06. The van der Waals surface area contributed by atoms with Gasteiger partial charge in [0.25, 0.3) is 0 Å². The summed E-state index contributed by atoms with van der Waals surface area (Å²) in [5.74, 6) is 0. The number of hydrogen-bond donors (Lipinski definition) is 3. The van der Waals surface area contributed by atoms with E-state index in [9.17, 15) is 4.79 Å². The summed E-state index contributed by atoms with van der Waals surface area (Å²) >= 11 is 5.15. The number of carbonyl (C=O) groups is 1. The van der Waals surface area contributed by atoms with E-state index in [0.29, 0.717) is 18.2 Å². The van der Waals surface area contributed by atoms with Gasteiger partial charge in [-0.3, -0.25) is 0 Å². The van der Waals surface area contributed by atoms with E-state index in [-0.39, 0.29) is 11.6 Å². The van der Waals surface area contributed by atoms with Crippen molar-refractivity contribution in [3.05, 3.63) is 0 Å². The summed E-state index contributed by atoms with van der Waals surface area (Å²) in [6.45, 7) is 7.16. The highest BCUT2D eigenvalue weighted by Gasteiger charge is 2.26. The van der Waals surface area contributed by atoms with Gasteiger partial charge in [0.2, 0.25) is 0 Å². The van der Waals surface area contributed by atoms with Crippen LogP contribution in [0, 0.1) is 0 Å². The van der Waals surface area contributed by atoms with Crippen LogP contribution in [-0.2, 0) is 0 Å². The Morgan fingerprint density at radius 2 is 2.12 bits per heavy atom. The fraction of sp³-hybridized carbons (Fsp3) is 0.800. The van der Waals surface area contributed by atoms with E-state index in [4.69, 9.17) is 17.3 Å². The maximum Gasteiger partial charge on any atom is 0.407 e. The Hall–Kier alpha value is -1.04. The third-order valence-corrected chi connectivity index (χ3v) is 2.50. The second-order valence-corrected chi connectivity index (χ2v) is 5.47. The van der Waals surface area contributed by atoms with Gasteiger partial charge in [-0.2, -0.15) is 0 Å². The topological polar surface area (TPSA) is 64.6 Å². The van der Waals surface area contributed by atoms with Gasteiger partial charge in [0.1, 0.15) is 0 Å². The fourth-order valence-electron chi connectivity index (χ4n) is 1.61. The number of nitrogens with zero attached hydrogens (tertiary/aromatic N) is 1. The first-order valence-electron chi connectivity index (χ1n) is 5.34. The highest BCUT2D eigenvalue weighted by atomic mass is 32.1. The molecule has 1 fully saturated rings. The van der Waals surface area contributed by atoms with Crippen LogP contribution in [0.25, 0.3) is 0 Å². The zero-order valence-corrected chi connectivity index (χ0v) is 10.7. The average Bonchev–Trinajstić information content (AvgIpc) is 2.48. The summed E-state index contributed by atoms with van der Waals surface area (Å²) in [4.78, 5) is 12.1. The number of carboxylic acid groups (broad SMARTS) is 1. The molecule has 1 saturated heterocycles. The van der Waals surface area contributed by atoms with Crippen molar-refractivity contribution in [3.8, 4) is 0 Å². The standard InChI is InChI=1S/C10H19N3O2S/c1-10(2,3)12-8(16)11-7-4-5-13(6-7)9(14)15/h7H,4-6H2,1-3H3,(H,14,15)(H2,11,12,16). The maximum absolute atomic E-state index is 10.7. The van der Waals surface area contributed by atoms with Gasteiger partial charge in [0.15, 0.2) is 5.11 Å². The van der Waals surface area contributed by atoms with Gasteiger partial charge in [-0.25, -0.2) is 4.79 Å². The molecule has 1 amide bonds. The first-order chi connectivity index (χ1) is 7.28. The van der Waals surface area contributed by atoms with E-state index in [2.05, 4.69) is 10.6 Å². The zero-order valence-electron chi connectivity index (χ0n) is 9.91. The molecule has 0 aromatic rings. The number of amides is 1. The molecule has 1 rings (SSSR count). The van der Waals surface area contributed by atoms with Crippen molar-refractivity contribution in [2.24, 2.45) is 0 Å². The van der Waals surface area contributed by atoms with Gasteiger partial charge in [-0.05, 0) is 39.4 Å². The molecule has 0 aliphatic carbocycles. The van der Waals surface area contributed by atoms with Crippen LogP contribution < -0.4 is 10.6 Å². The third-order valence-electron chi connectivity index (χ3n) is 2.28. The molecule has 0 aromatic carbocycles. The first kappa shape index (κ1) is 13.0. The van der Waals surface area contributed by atoms with Crippen LogP contribution in [0.5, 0.6) is 0 Å². The normalized spacial score (nSPS) is 20.7. The summed E-state index contributed by atoms with van der Waals surface area (Å²) < 4.78 is 0. The summed E-state index contributed by atoms with van der Waals surface area (Å²) in [5.41, 5.74) is -0.0742. The van der Waals surface area contributed by atoms with Crippen LogP contribution in [0.3, 0.4) is 0 Å². The van der Waals surface area contributed by atoms with Crippen LogP contribution >= 0.6 is 12.2 Å². The smallest absolute Gasteiger partial charge is 0.407 e. The minimum atomic E-state index is -0.862. The van der Waals surface area contributed by atoms with Crippen molar-refractivity contribution in [1.29, 1.82) is 0 Å². The molecule has 1 atom stereocenters. The molecule has 1 aliphatic rings. The maximum atomic E-state index is 10.7. The molecule has 5 nitrogen and oxygen atoms in total. The summed E-state index contributed by atoms with van der Waals surface area (Å²) in [6, 6.07) is 0.124. The van der Waals surface area contributed by atoms with Crippen molar-refractivity contribution in [3.63, 3.8) is 0 Å². The number of hydrogen-bond acceptors (Lipinski definition) is 2. The second kappa shape index (κ2) is 4.86. The molecule has 6 heteroatoms. The lowest BCUT2D eigenvalue weighted by atomic mass is 10.1. The van der Waals surface area contributed by atoms with Crippen molar-refractivity contribution in [2.45, 2.75) is 38.8 Å². The molecule has 0 spiro atoms. The number of rotatable bonds is 1. The Bertz CT molecular complexity index is 288. The molecule has 1 heterocycles. The molecule has 3 N–H and O–H groups in total. The van der Waals surface area contributed by atoms with Gasteiger partial charge < -0.3 is 20.6 Å². The Labute approximate surface area is 101 Å². The predicted octanol–water partition coefficient (Wildman–Crippen LogP) is 1.00. The van der Waals surface area contributed by atoms with Crippen LogP contribution in [0.15, 0.2) is 0 Å². The predicted molar refractivity (Wildman–Crippen MR) is 66.6 cm³/mol. The van der Waals surface area contributed by atoms with Gasteiger partial charge >= 0.3 is 6.09 Å². The highest BCUT2D eigenvalue weighted by molar-refractivity contribution is 7.80. The van der Waals surface area contributed by atoms with E-state index in [1.165, 1.54) is 4.90 Å². The van der Waals surface area contributed by atoms with E-state index >= 15 is 0 Å². The van der Waals surface area contributed by atoms with Crippen molar-refractivity contribution < 1.29 is 9.90 Å². The van der Waals surface area contributed by atoms with E-state index < -0.39 is 6.09 Å². The fourth-order valence-corrected chi connectivity index (χ4v) is 2.09. The molecule has 0 saturated carbocycles. The number of nitrogens with one attached hydrogen (secondary N) is 2. The molecule has 92 valence electrons. The lowest BCUT2D eigenvalue weighted by Gasteiger charge is -2.25. The Morgan fingerprint density at radius 1 is 1.50 bits per heavy atom. The molecule has 0 aromatic heterocycles. The van der Waals surface area contributed by atoms with Crippen LogP contribution in [0.2, 0.25) is 0 Å². The molecular formula is C10H19N3O2S. The zero-order chi connectivity index (χ0) is 12.3. The minimum Gasteiger partial charge on any atom is -0.465 e. The Morgan fingerprint density at radius 3 is 2.56 bits per heavy atom. The lowest BCUT2D eigenvalue weighted by molar-refractivity contribution is 0.155. The average molecular weight is 245 g/mol. The van der Waals surface area contributed by atoms with Gasteiger partial charge in [0.05, 0.1) is 0 Å². The van der Waals surface area contributed by atoms with E-state index in [1.807, 2.05) is 20.8 Å². The van der Waals surface area contributed by atoms with Crippen molar-refractivity contribution in [2.75, 3.05) is 13.1 Å². The molecule has 1 aliphatic heterocycles. The summed E-state index contributed by atoms with van der Waals surface area (Å²) in [6.07, 6.45) is -0.0582. The summed E-state index contributed by atoms with van der Waals surface area (Å²) in [5, 5.41) is 15.7. The SMILES string of the molecule is CC(C)(C)NC(=S)NC1CCN(C(=O)O)C1. The number of thiocarbonyl (C=S) groups is 1. The van der Waals surface area contributed by atoms with Gasteiger partial charge in [-0.1, -0.05) is 0 Å². The molecule has 0 radical (unpaired) electrons. The largest absolute Gasteiger partial charge is 0.465 e. The van der Waals surface area contributed by atoms with Crippen LogP contribution in [0.4, 0.5) is 4.79 Å². The van der Waals surface area contributed by atoms with E-state index in [0.717, 1.165) is 6.42 Å². The Balaban J connectivity index is 2.34. The summed E-state index contributed by atoms with van der Waals surface area (Å²) in [7, 11) is 0. The molecule has 1 unspecified atom stereocenters. The number of likely N-dealkylation sites (tertiary alicyclic amines) is 1. The molecule has 16 heavy (non-hydrogen) atoms. The third kappa shape index (κ3) is 4.22. The van der Waals surface area contributed by atoms with Gasteiger partial charge in [-0.15, -0.1) is 0 Å². The van der Waals surface area contributed by atoms with Crippen molar-refractivity contribution >= 4 is 23.4 Å². The molecule has 0 bridgehead atoms. The molecular weight excluding hydrogens is 226 g/mol. The van der Waals surface area contributed by atoms with Crippen LogP contribution in [0.1, 0.15) is 27.2 Å². The van der Waals surface area contributed by atoms with Crippen LogP contribution in [-0.4, -0.2) is 45.9 Å². The highest BCUT2D eigenvalue weighted by Crippen LogP contribution is 2.09. The lowest BCUT2D eigenvalue weighted by Crippen LogP contribution is -2.50. The quantitative estimate of drug-likeness (QED) is 0.602. The van der Waals surface area contributed by atoms with Gasteiger partial charge in [0, 0.05) is 24.7 Å².